The first kappa shape index (κ1) is 14.1. The molecule has 2 rings (SSSR count). The molecule has 0 spiro atoms. The fourth-order valence-electron chi connectivity index (χ4n) is 2.54. The maximum absolute atomic E-state index is 12.3. The molecule has 0 bridgehead atoms. The Kier molecular flexibility index (Phi) is 4.24. The van der Waals surface area contributed by atoms with Gasteiger partial charge in [-0.15, -0.1) is 0 Å². The van der Waals surface area contributed by atoms with Gasteiger partial charge in [-0.3, -0.25) is 9.48 Å². The van der Waals surface area contributed by atoms with E-state index < -0.39 is 0 Å². The second kappa shape index (κ2) is 5.74. The summed E-state index contributed by atoms with van der Waals surface area (Å²) in [5, 5.41) is 10.9. The van der Waals surface area contributed by atoms with Gasteiger partial charge in [0.15, 0.2) is 0 Å². The van der Waals surface area contributed by atoms with Gasteiger partial charge in [0, 0.05) is 18.6 Å². The monoisotopic (exact) mass is 264 g/mol. The lowest BCUT2D eigenvalue weighted by atomic mass is 10.0. The zero-order chi connectivity index (χ0) is 13.9. The SMILES string of the molecule is CCc1cc(C(=O)NCC2(C)CCCN2)n(CC)n1. The van der Waals surface area contributed by atoms with Crippen LogP contribution >= 0.6 is 0 Å². The van der Waals surface area contributed by atoms with Gasteiger partial charge in [0.05, 0.1) is 5.69 Å². The van der Waals surface area contributed by atoms with Gasteiger partial charge >= 0.3 is 0 Å². The van der Waals surface area contributed by atoms with Gasteiger partial charge in [0.2, 0.25) is 0 Å². The first-order chi connectivity index (χ1) is 9.08. The molecule has 5 heteroatoms. The van der Waals surface area contributed by atoms with Crippen LogP contribution in [0.4, 0.5) is 0 Å². The molecule has 2 N–H and O–H groups in total. The van der Waals surface area contributed by atoms with Crippen LogP contribution in [0.5, 0.6) is 0 Å². The summed E-state index contributed by atoms with van der Waals surface area (Å²) in [5.74, 6) is -0.0241. The number of rotatable bonds is 5. The van der Waals surface area contributed by atoms with Crippen molar-refractivity contribution in [2.45, 2.75) is 52.1 Å². The zero-order valence-corrected chi connectivity index (χ0v) is 12.1. The van der Waals surface area contributed by atoms with E-state index in [0.717, 1.165) is 31.6 Å². The van der Waals surface area contributed by atoms with Crippen LogP contribution in [-0.2, 0) is 13.0 Å². The molecular weight excluding hydrogens is 240 g/mol. The summed E-state index contributed by atoms with van der Waals surface area (Å²) in [6, 6.07) is 1.89. The molecule has 2 heterocycles. The topological polar surface area (TPSA) is 59.0 Å². The number of carbonyl (C=O) groups excluding carboxylic acids is 1. The van der Waals surface area contributed by atoms with Crippen molar-refractivity contribution in [3.63, 3.8) is 0 Å². The number of nitrogens with zero attached hydrogens (tertiary/aromatic N) is 2. The smallest absolute Gasteiger partial charge is 0.269 e. The number of amides is 1. The molecule has 0 saturated carbocycles. The molecule has 1 atom stereocenters. The molecular formula is C14H24N4O. The first-order valence-corrected chi connectivity index (χ1v) is 7.18. The van der Waals surface area contributed by atoms with E-state index in [9.17, 15) is 4.79 Å². The van der Waals surface area contributed by atoms with Crippen molar-refractivity contribution >= 4 is 5.91 Å². The lowest BCUT2D eigenvalue weighted by Crippen LogP contribution is -2.47. The fourth-order valence-corrected chi connectivity index (χ4v) is 2.54. The maximum Gasteiger partial charge on any atom is 0.269 e. The lowest BCUT2D eigenvalue weighted by molar-refractivity contribution is 0.0932. The number of aromatic nitrogens is 2. The highest BCUT2D eigenvalue weighted by molar-refractivity contribution is 5.92. The summed E-state index contributed by atoms with van der Waals surface area (Å²) >= 11 is 0. The number of hydrogen-bond donors (Lipinski definition) is 2. The largest absolute Gasteiger partial charge is 0.349 e. The van der Waals surface area contributed by atoms with Crippen molar-refractivity contribution in [2.24, 2.45) is 0 Å². The molecule has 0 aliphatic carbocycles. The van der Waals surface area contributed by atoms with E-state index in [1.807, 2.05) is 19.9 Å². The number of nitrogens with one attached hydrogen (secondary N) is 2. The standard InChI is InChI=1S/C14H24N4O/c1-4-11-9-12(18(5-2)17-11)13(19)15-10-14(3)7-6-8-16-14/h9,16H,4-8,10H2,1-3H3,(H,15,19). The highest BCUT2D eigenvalue weighted by Gasteiger charge is 2.28. The van der Waals surface area contributed by atoms with Crippen molar-refractivity contribution < 1.29 is 4.79 Å². The van der Waals surface area contributed by atoms with Crippen molar-refractivity contribution in [2.75, 3.05) is 13.1 Å². The van der Waals surface area contributed by atoms with E-state index >= 15 is 0 Å². The second-order valence-corrected chi connectivity index (χ2v) is 5.46. The number of carbonyl (C=O) groups is 1. The Morgan fingerprint density at radius 2 is 2.37 bits per heavy atom. The van der Waals surface area contributed by atoms with Crippen molar-refractivity contribution in [1.82, 2.24) is 20.4 Å². The van der Waals surface area contributed by atoms with E-state index in [0.29, 0.717) is 12.2 Å². The third-order valence-corrected chi connectivity index (χ3v) is 3.82. The van der Waals surface area contributed by atoms with Crippen molar-refractivity contribution in [3.05, 3.63) is 17.5 Å². The fraction of sp³-hybridized carbons (Fsp3) is 0.714. The van der Waals surface area contributed by atoms with Gasteiger partial charge in [-0.25, -0.2) is 0 Å². The van der Waals surface area contributed by atoms with Crippen LogP contribution in [0.1, 0.15) is 49.8 Å². The van der Waals surface area contributed by atoms with E-state index in [4.69, 9.17) is 0 Å². The van der Waals surface area contributed by atoms with Crippen LogP contribution in [0, 0.1) is 0 Å². The van der Waals surface area contributed by atoms with E-state index in [-0.39, 0.29) is 11.4 Å². The molecule has 1 aliphatic heterocycles. The van der Waals surface area contributed by atoms with E-state index in [1.165, 1.54) is 6.42 Å². The van der Waals surface area contributed by atoms with Crippen LogP contribution < -0.4 is 10.6 Å². The molecule has 1 aromatic rings. The van der Waals surface area contributed by atoms with Crippen molar-refractivity contribution in [3.8, 4) is 0 Å². The Labute approximate surface area is 114 Å². The Morgan fingerprint density at radius 1 is 1.58 bits per heavy atom. The van der Waals surface area contributed by atoms with Gasteiger partial charge < -0.3 is 10.6 Å². The minimum absolute atomic E-state index is 0.0241. The Hall–Kier alpha value is -1.36. The Balaban J connectivity index is 2.01. The van der Waals surface area contributed by atoms with Gasteiger partial charge in [0.1, 0.15) is 5.69 Å². The summed E-state index contributed by atoms with van der Waals surface area (Å²) < 4.78 is 1.78. The van der Waals surface area contributed by atoms with Gasteiger partial charge in [-0.1, -0.05) is 6.92 Å². The molecule has 1 amide bonds. The van der Waals surface area contributed by atoms with Crippen LogP contribution in [0.2, 0.25) is 0 Å². The molecule has 1 aliphatic rings. The summed E-state index contributed by atoms with van der Waals surface area (Å²) in [5.41, 5.74) is 1.68. The maximum atomic E-state index is 12.3. The highest BCUT2D eigenvalue weighted by atomic mass is 16.2. The van der Waals surface area contributed by atoms with Gasteiger partial charge in [0.25, 0.3) is 5.91 Å². The summed E-state index contributed by atoms with van der Waals surface area (Å²) in [4.78, 5) is 12.3. The number of aryl methyl sites for hydroxylation is 2. The van der Waals surface area contributed by atoms with Crippen LogP contribution in [0.3, 0.4) is 0 Å². The van der Waals surface area contributed by atoms with Crippen LogP contribution in [0.25, 0.3) is 0 Å². The molecule has 1 saturated heterocycles. The predicted molar refractivity (Wildman–Crippen MR) is 75.3 cm³/mol. The molecule has 106 valence electrons. The van der Waals surface area contributed by atoms with E-state index in [2.05, 4.69) is 22.7 Å². The minimum Gasteiger partial charge on any atom is -0.349 e. The Morgan fingerprint density at radius 3 is 2.95 bits per heavy atom. The second-order valence-electron chi connectivity index (χ2n) is 5.46. The molecule has 1 aromatic heterocycles. The molecule has 0 radical (unpaired) electrons. The molecule has 1 unspecified atom stereocenters. The number of hydrogen-bond acceptors (Lipinski definition) is 3. The van der Waals surface area contributed by atoms with Crippen molar-refractivity contribution in [1.29, 1.82) is 0 Å². The van der Waals surface area contributed by atoms with Crippen LogP contribution in [0.15, 0.2) is 6.07 Å². The molecule has 5 nitrogen and oxygen atoms in total. The minimum atomic E-state index is -0.0241. The van der Waals surface area contributed by atoms with Crippen LogP contribution in [-0.4, -0.2) is 34.3 Å². The van der Waals surface area contributed by atoms with Gasteiger partial charge in [-0.2, -0.15) is 5.10 Å². The normalized spacial score (nSPS) is 22.7. The zero-order valence-electron chi connectivity index (χ0n) is 12.1. The average molecular weight is 264 g/mol. The molecule has 19 heavy (non-hydrogen) atoms. The van der Waals surface area contributed by atoms with Gasteiger partial charge in [-0.05, 0) is 45.7 Å². The highest BCUT2D eigenvalue weighted by Crippen LogP contribution is 2.17. The molecule has 1 fully saturated rings. The third kappa shape index (κ3) is 3.15. The lowest BCUT2D eigenvalue weighted by Gasteiger charge is -2.24. The summed E-state index contributed by atoms with van der Waals surface area (Å²) in [6.07, 6.45) is 3.15. The van der Waals surface area contributed by atoms with E-state index in [1.54, 1.807) is 4.68 Å². The Bertz CT molecular complexity index is 446. The predicted octanol–water partition coefficient (Wildman–Crippen LogP) is 1.34. The third-order valence-electron chi connectivity index (χ3n) is 3.82. The summed E-state index contributed by atoms with van der Waals surface area (Å²) in [7, 11) is 0. The molecule has 0 aromatic carbocycles. The first-order valence-electron chi connectivity index (χ1n) is 7.18. The average Bonchev–Trinajstić information content (AvgIpc) is 3.02. The quantitative estimate of drug-likeness (QED) is 0.843. The summed E-state index contributed by atoms with van der Waals surface area (Å²) in [6.45, 7) is 8.64.